The number of amides is 1. The van der Waals surface area contributed by atoms with E-state index in [2.05, 4.69) is 10.2 Å². The predicted octanol–water partition coefficient (Wildman–Crippen LogP) is 1.99. The average Bonchev–Trinajstić information content (AvgIpc) is 3.48. The van der Waals surface area contributed by atoms with Crippen molar-refractivity contribution in [3.63, 3.8) is 0 Å². The van der Waals surface area contributed by atoms with E-state index in [0.29, 0.717) is 25.1 Å². The first kappa shape index (κ1) is 28.6. The number of halogens is 1. The number of carbonyl (C=O) groups is 3. The molecule has 12 heteroatoms. The van der Waals surface area contributed by atoms with Crippen molar-refractivity contribution in [1.29, 1.82) is 0 Å². The van der Waals surface area contributed by atoms with Crippen LogP contribution in [0.1, 0.15) is 67.1 Å². The van der Waals surface area contributed by atoms with Crippen molar-refractivity contribution in [2.45, 2.75) is 63.6 Å². The molecule has 0 spiro atoms. The number of hydrogen-bond acceptors (Lipinski definition) is 10. The Morgan fingerprint density at radius 2 is 1.88 bits per heavy atom. The van der Waals surface area contributed by atoms with Crippen molar-refractivity contribution in [3.05, 3.63) is 45.2 Å². The standard InChI is InChI=1S/C30H37FN4O7/c1-4-34(3)25-24(38)19(28(32)41)27(40)30(42)26(39)16-13(12-29(25,30)2)11-14-17(22(16)36)23(37)21-18(20(14)31)15(7-8-33-21)35-9-5-6-10-35/h13,15,25,33,37-39,42H,4-12H2,1-3H3,(H2,32,41)/t13-,15?,25+,29-,30-/m0/s1. The number of aromatic hydroxyl groups is 1. The lowest BCUT2D eigenvalue weighted by molar-refractivity contribution is -0.166. The van der Waals surface area contributed by atoms with Gasteiger partial charge in [0.1, 0.15) is 22.9 Å². The van der Waals surface area contributed by atoms with Crippen molar-refractivity contribution >= 4 is 23.2 Å². The van der Waals surface area contributed by atoms with E-state index in [0.717, 1.165) is 25.9 Å². The summed E-state index contributed by atoms with van der Waals surface area (Å²) in [6.45, 7) is 5.68. The number of likely N-dealkylation sites (N-methyl/N-ethyl adjacent to an activating group) is 1. The van der Waals surface area contributed by atoms with Crippen molar-refractivity contribution < 1.29 is 39.2 Å². The first-order valence-electron chi connectivity index (χ1n) is 14.5. The van der Waals surface area contributed by atoms with Crippen LogP contribution in [0.25, 0.3) is 0 Å². The Morgan fingerprint density at radius 3 is 2.50 bits per heavy atom. The number of hydrogen-bond donors (Lipinski definition) is 6. The molecule has 5 aliphatic rings. The lowest BCUT2D eigenvalue weighted by atomic mass is 9.51. The second kappa shape index (κ2) is 9.51. The Hall–Kier alpha value is -3.48. The summed E-state index contributed by atoms with van der Waals surface area (Å²) in [7, 11) is 1.62. The highest BCUT2D eigenvalue weighted by Gasteiger charge is 2.69. The number of nitrogens with zero attached hydrogens (tertiary/aromatic N) is 2. The highest BCUT2D eigenvalue weighted by Crippen LogP contribution is 2.60. The Balaban J connectivity index is 1.56. The molecule has 2 heterocycles. The Morgan fingerprint density at radius 1 is 1.21 bits per heavy atom. The molecule has 1 aromatic rings. The third-order valence-electron chi connectivity index (χ3n) is 10.5. The molecule has 3 aliphatic carbocycles. The minimum absolute atomic E-state index is 0.0276. The second-order valence-corrected chi connectivity index (χ2v) is 12.5. The molecule has 1 fully saturated rings. The average molecular weight is 585 g/mol. The molecule has 0 bridgehead atoms. The topological polar surface area (TPSA) is 177 Å². The summed E-state index contributed by atoms with van der Waals surface area (Å²) in [5, 5.41) is 49.3. The van der Waals surface area contributed by atoms with Crippen LogP contribution in [0, 0.1) is 17.2 Å². The van der Waals surface area contributed by atoms with Gasteiger partial charge in [-0.15, -0.1) is 0 Å². The molecule has 1 unspecified atom stereocenters. The van der Waals surface area contributed by atoms with E-state index < -0.39 is 69.1 Å². The lowest BCUT2D eigenvalue weighted by Gasteiger charge is -2.57. The number of allylic oxidation sites excluding steroid dienone is 1. The zero-order valence-electron chi connectivity index (χ0n) is 24.0. The van der Waals surface area contributed by atoms with Crippen LogP contribution in [-0.2, 0) is 16.0 Å². The molecule has 2 aliphatic heterocycles. The molecule has 5 atom stereocenters. The smallest absolute Gasteiger partial charge is 0.255 e. The summed E-state index contributed by atoms with van der Waals surface area (Å²) in [6, 6.07) is -1.40. The molecule has 6 rings (SSSR count). The number of primary amides is 1. The van der Waals surface area contributed by atoms with Crippen LogP contribution < -0.4 is 11.1 Å². The highest BCUT2D eigenvalue weighted by molar-refractivity contribution is 6.25. The van der Waals surface area contributed by atoms with E-state index in [1.54, 1.807) is 18.9 Å². The number of phenols is 1. The number of ketones is 2. The molecule has 1 saturated heterocycles. The van der Waals surface area contributed by atoms with Crippen molar-refractivity contribution in [1.82, 2.24) is 9.80 Å². The largest absolute Gasteiger partial charge is 0.510 e. The van der Waals surface area contributed by atoms with Gasteiger partial charge in [-0.1, -0.05) is 13.8 Å². The summed E-state index contributed by atoms with van der Waals surface area (Å²) in [6.07, 6.45) is 2.43. The molecule has 7 N–H and O–H groups in total. The van der Waals surface area contributed by atoms with Gasteiger partial charge in [-0.3, -0.25) is 24.2 Å². The quantitative estimate of drug-likeness (QED) is 0.227. The Kier molecular flexibility index (Phi) is 6.49. The van der Waals surface area contributed by atoms with E-state index >= 15 is 4.39 Å². The molecule has 42 heavy (non-hydrogen) atoms. The molecule has 1 amide bonds. The van der Waals surface area contributed by atoms with Gasteiger partial charge in [-0.25, -0.2) is 4.39 Å². The van der Waals surface area contributed by atoms with E-state index in [-0.39, 0.29) is 41.3 Å². The van der Waals surface area contributed by atoms with Gasteiger partial charge in [0.2, 0.25) is 5.78 Å². The first-order chi connectivity index (χ1) is 19.8. The van der Waals surface area contributed by atoms with Crippen molar-refractivity contribution in [2.24, 2.45) is 17.1 Å². The number of nitrogens with two attached hydrogens (primary N) is 1. The minimum Gasteiger partial charge on any atom is -0.510 e. The van der Waals surface area contributed by atoms with Crippen LogP contribution >= 0.6 is 0 Å². The van der Waals surface area contributed by atoms with Gasteiger partial charge < -0.3 is 31.5 Å². The zero-order chi connectivity index (χ0) is 30.5. The van der Waals surface area contributed by atoms with Crippen LogP contribution in [0.2, 0.25) is 0 Å². The molecule has 11 nitrogen and oxygen atoms in total. The fourth-order valence-electron chi connectivity index (χ4n) is 8.40. The maximum atomic E-state index is 16.6. The number of anilines is 1. The summed E-state index contributed by atoms with van der Waals surface area (Å²) in [5.41, 5.74) is 0.0196. The minimum atomic E-state index is -2.79. The zero-order valence-corrected chi connectivity index (χ0v) is 24.0. The molecular formula is C30H37FN4O7. The molecule has 226 valence electrons. The van der Waals surface area contributed by atoms with Gasteiger partial charge in [0, 0.05) is 34.7 Å². The summed E-state index contributed by atoms with van der Waals surface area (Å²) >= 11 is 0. The van der Waals surface area contributed by atoms with Gasteiger partial charge in [-0.2, -0.15) is 0 Å². The summed E-state index contributed by atoms with van der Waals surface area (Å²) in [5.74, 6) is -6.95. The van der Waals surface area contributed by atoms with Gasteiger partial charge >= 0.3 is 0 Å². The monoisotopic (exact) mass is 584 g/mol. The van der Waals surface area contributed by atoms with Gasteiger partial charge in [0.05, 0.1) is 17.3 Å². The van der Waals surface area contributed by atoms with Crippen molar-refractivity contribution in [3.8, 4) is 5.75 Å². The number of likely N-dealkylation sites (tertiary alicyclic amines) is 1. The van der Waals surface area contributed by atoms with Gasteiger partial charge in [-0.05, 0) is 64.7 Å². The number of rotatable bonds is 4. The highest BCUT2D eigenvalue weighted by atomic mass is 19.1. The summed E-state index contributed by atoms with van der Waals surface area (Å²) < 4.78 is 16.6. The molecule has 1 aromatic carbocycles. The maximum Gasteiger partial charge on any atom is 0.255 e. The van der Waals surface area contributed by atoms with Crippen molar-refractivity contribution in [2.75, 3.05) is 38.5 Å². The van der Waals surface area contributed by atoms with Crippen LogP contribution in [0.3, 0.4) is 0 Å². The SMILES string of the molecule is CCN(C)[C@@H]1C(O)=C(C(N)=O)C(=O)[C@@]2(O)C(O)=C3C(=O)c4c(O)c5c(c(F)c4C[C@H]3C[C@@]12C)C(N1CCCC1)CCN5. The third-order valence-corrected chi connectivity index (χ3v) is 10.5. The maximum absolute atomic E-state index is 16.6. The fraction of sp³-hybridized carbons (Fsp3) is 0.567. The van der Waals surface area contributed by atoms with E-state index in [4.69, 9.17) is 5.73 Å². The van der Waals surface area contributed by atoms with E-state index in [1.165, 1.54) is 6.92 Å². The van der Waals surface area contributed by atoms with Crippen LogP contribution in [-0.4, -0.2) is 92.6 Å². The lowest BCUT2D eigenvalue weighted by Crippen LogP contribution is -2.70. The normalized spacial score (nSPS) is 32.9. The molecule has 0 saturated carbocycles. The number of benzene rings is 1. The first-order valence-corrected chi connectivity index (χ1v) is 14.5. The number of Topliss-reactive ketones (excluding diaryl/α,β-unsaturated/α-hetero) is 2. The Bertz CT molecular complexity index is 1500. The van der Waals surface area contributed by atoms with Gasteiger partial charge in [0.15, 0.2) is 17.1 Å². The molecule has 0 radical (unpaired) electrons. The van der Waals surface area contributed by atoms with Crippen LogP contribution in [0.4, 0.5) is 10.1 Å². The Labute approximate surface area is 242 Å². The van der Waals surface area contributed by atoms with E-state index in [1.807, 2.05) is 0 Å². The third kappa shape index (κ3) is 3.45. The predicted molar refractivity (Wildman–Crippen MR) is 150 cm³/mol. The number of carbonyl (C=O) groups excluding carboxylic acids is 3. The van der Waals surface area contributed by atoms with Gasteiger partial charge in [0.25, 0.3) is 5.91 Å². The number of nitrogens with one attached hydrogen (secondary N) is 1. The van der Waals surface area contributed by atoms with Crippen LogP contribution in [0.15, 0.2) is 22.7 Å². The number of aliphatic hydroxyl groups excluding tert-OH is 2. The number of phenolic OH excluding ortho intramolecular Hbond substituents is 1. The number of fused-ring (bicyclic) bond motifs is 4. The van der Waals surface area contributed by atoms with E-state index in [9.17, 15) is 34.8 Å². The molecule has 0 aromatic heterocycles. The second-order valence-electron chi connectivity index (χ2n) is 12.5. The fourth-order valence-corrected chi connectivity index (χ4v) is 8.40. The van der Waals surface area contributed by atoms with Crippen LogP contribution in [0.5, 0.6) is 5.75 Å². The summed E-state index contributed by atoms with van der Waals surface area (Å²) in [4.78, 5) is 43.9. The molecular weight excluding hydrogens is 547 g/mol. The number of aliphatic hydroxyl groups is 3.